The van der Waals surface area contributed by atoms with E-state index in [1.165, 1.54) is 11.3 Å². The molecule has 6 heteroatoms. The van der Waals surface area contributed by atoms with Crippen molar-refractivity contribution in [1.29, 1.82) is 0 Å². The molecule has 5 nitrogen and oxygen atoms in total. The Morgan fingerprint density at radius 3 is 3.00 bits per heavy atom. The summed E-state index contributed by atoms with van der Waals surface area (Å²) in [5.74, 6) is 0.402. The Kier molecular flexibility index (Phi) is 4.37. The number of hydrogen-bond donors (Lipinski definition) is 0. The maximum Gasteiger partial charge on any atom is 0.0897 e. The van der Waals surface area contributed by atoms with Gasteiger partial charge in [0.15, 0.2) is 0 Å². The summed E-state index contributed by atoms with van der Waals surface area (Å²) in [6, 6.07) is 0. The molecular formula is C15H22N4OS. The van der Waals surface area contributed by atoms with Crippen molar-refractivity contribution in [1.82, 2.24) is 19.7 Å². The number of aryl methyl sites for hydroxylation is 2. The fourth-order valence-electron chi connectivity index (χ4n) is 2.96. The molecule has 3 rings (SSSR count). The maximum absolute atomic E-state index is 5.41. The van der Waals surface area contributed by atoms with Crippen molar-refractivity contribution in [2.75, 3.05) is 20.3 Å². The molecular weight excluding hydrogens is 284 g/mol. The standard InChI is InChI=1S/C15H22N4OS/c1-4-19-7-14-12(9-20-3)5-18(8-15(14)17-19)6-13-10-21-11(2)16-13/h7,10,12H,4-6,8-9H2,1-3H3. The lowest BCUT2D eigenvalue weighted by Gasteiger charge is -2.31. The fraction of sp³-hybridized carbons (Fsp3) is 0.600. The van der Waals surface area contributed by atoms with Crippen LogP contribution in [-0.4, -0.2) is 39.9 Å². The quantitative estimate of drug-likeness (QED) is 0.851. The lowest BCUT2D eigenvalue weighted by Crippen LogP contribution is -2.34. The summed E-state index contributed by atoms with van der Waals surface area (Å²) in [6.07, 6.45) is 2.18. The van der Waals surface area contributed by atoms with Gasteiger partial charge in [-0.25, -0.2) is 4.98 Å². The first kappa shape index (κ1) is 14.7. The third kappa shape index (κ3) is 3.17. The second-order valence-corrected chi connectivity index (χ2v) is 6.63. The van der Waals surface area contributed by atoms with Gasteiger partial charge in [0, 0.05) is 56.3 Å². The Morgan fingerprint density at radius 2 is 2.33 bits per heavy atom. The first-order valence-electron chi connectivity index (χ1n) is 7.38. The third-order valence-electron chi connectivity index (χ3n) is 3.91. The fourth-order valence-corrected chi connectivity index (χ4v) is 3.57. The Hall–Kier alpha value is -1.24. The van der Waals surface area contributed by atoms with Crippen LogP contribution in [0.15, 0.2) is 11.6 Å². The minimum Gasteiger partial charge on any atom is -0.384 e. The van der Waals surface area contributed by atoms with Crippen LogP contribution >= 0.6 is 11.3 Å². The zero-order chi connectivity index (χ0) is 14.8. The predicted octanol–water partition coefficient (Wildman–Crippen LogP) is 2.41. The van der Waals surface area contributed by atoms with Crippen LogP contribution in [0.4, 0.5) is 0 Å². The van der Waals surface area contributed by atoms with Crippen LogP contribution in [0.2, 0.25) is 0 Å². The van der Waals surface area contributed by atoms with Crippen molar-refractivity contribution in [3.8, 4) is 0 Å². The lowest BCUT2D eigenvalue weighted by molar-refractivity contribution is 0.135. The number of rotatable bonds is 5. The zero-order valence-corrected chi connectivity index (χ0v) is 13.7. The molecule has 1 aliphatic rings. The maximum atomic E-state index is 5.41. The molecule has 0 N–H and O–H groups in total. The molecule has 0 saturated heterocycles. The van der Waals surface area contributed by atoms with E-state index in [1.807, 2.05) is 4.68 Å². The summed E-state index contributed by atoms with van der Waals surface area (Å²) in [5, 5.41) is 7.98. The molecule has 0 aromatic carbocycles. The van der Waals surface area contributed by atoms with E-state index >= 15 is 0 Å². The molecule has 3 heterocycles. The van der Waals surface area contributed by atoms with Gasteiger partial charge in [-0.3, -0.25) is 9.58 Å². The molecule has 0 saturated carbocycles. The lowest BCUT2D eigenvalue weighted by atomic mass is 9.95. The van der Waals surface area contributed by atoms with Gasteiger partial charge in [-0.15, -0.1) is 11.3 Å². The molecule has 0 fully saturated rings. The van der Waals surface area contributed by atoms with Crippen LogP contribution in [-0.2, 0) is 24.4 Å². The highest BCUT2D eigenvalue weighted by molar-refractivity contribution is 7.09. The van der Waals surface area contributed by atoms with Gasteiger partial charge in [0.25, 0.3) is 0 Å². The second-order valence-electron chi connectivity index (χ2n) is 5.57. The van der Waals surface area contributed by atoms with E-state index in [4.69, 9.17) is 9.84 Å². The molecule has 1 aliphatic heterocycles. The van der Waals surface area contributed by atoms with E-state index in [0.29, 0.717) is 5.92 Å². The summed E-state index contributed by atoms with van der Waals surface area (Å²) < 4.78 is 7.44. The molecule has 114 valence electrons. The molecule has 0 bridgehead atoms. The van der Waals surface area contributed by atoms with E-state index in [2.05, 4.69) is 35.3 Å². The highest BCUT2D eigenvalue weighted by atomic mass is 32.1. The number of hydrogen-bond acceptors (Lipinski definition) is 5. The second kappa shape index (κ2) is 6.25. The van der Waals surface area contributed by atoms with Crippen molar-refractivity contribution in [3.05, 3.63) is 33.5 Å². The molecule has 1 unspecified atom stereocenters. The Labute approximate surface area is 129 Å². The molecule has 21 heavy (non-hydrogen) atoms. The largest absolute Gasteiger partial charge is 0.384 e. The van der Waals surface area contributed by atoms with Crippen molar-refractivity contribution < 1.29 is 4.74 Å². The van der Waals surface area contributed by atoms with Crippen molar-refractivity contribution in [2.45, 2.75) is 39.4 Å². The number of aromatic nitrogens is 3. The molecule has 0 spiro atoms. The summed E-state index contributed by atoms with van der Waals surface area (Å²) in [7, 11) is 1.77. The van der Waals surface area contributed by atoms with Gasteiger partial charge in [0.2, 0.25) is 0 Å². The molecule has 0 amide bonds. The predicted molar refractivity (Wildman–Crippen MR) is 83.5 cm³/mol. The SMILES string of the molecule is CCn1cc2c(n1)CN(Cc1csc(C)n1)CC2COC. The van der Waals surface area contributed by atoms with E-state index in [1.54, 1.807) is 18.4 Å². The summed E-state index contributed by atoms with van der Waals surface area (Å²) >= 11 is 1.72. The summed E-state index contributed by atoms with van der Waals surface area (Å²) in [5.41, 5.74) is 3.70. The van der Waals surface area contributed by atoms with Crippen LogP contribution < -0.4 is 0 Å². The highest BCUT2D eigenvalue weighted by Crippen LogP contribution is 2.29. The topological polar surface area (TPSA) is 43.2 Å². The normalized spacial score (nSPS) is 18.9. The monoisotopic (exact) mass is 306 g/mol. The van der Waals surface area contributed by atoms with Crippen molar-refractivity contribution in [3.63, 3.8) is 0 Å². The molecule has 1 atom stereocenters. The number of nitrogens with zero attached hydrogens (tertiary/aromatic N) is 4. The number of ether oxygens (including phenoxy) is 1. The van der Waals surface area contributed by atoms with Crippen LogP contribution in [0.3, 0.4) is 0 Å². The van der Waals surface area contributed by atoms with Crippen molar-refractivity contribution >= 4 is 11.3 Å². The Morgan fingerprint density at radius 1 is 1.48 bits per heavy atom. The summed E-state index contributed by atoms with van der Waals surface area (Å²) in [6.45, 7) is 8.64. The average Bonchev–Trinajstić information content (AvgIpc) is 3.05. The smallest absolute Gasteiger partial charge is 0.0897 e. The Balaban J connectivity index is 1.79. The number of thiazole rings is 1. The first-order chi connectivity index (χ1) is 10.2. The van der Waals surface area contributed by atoms with Gasteiger partial charge in [-0.1, -0.05) is 0 Å². The van der Waals surface area contributed by atoms with Gasteiger partial charge < -0.3 is 4.74 Å². The Bertz CT molecular complexity index is 607. The minimum atomic E-state index is 0.402. The first-order valence-corrected chi connectivity index (χ1v) is 8.26. The zero-order valence-electron chi connectivity index (χ0n) is 12.9. The van der Waals surface area contributed by atoms with Crippen LogP contribution in [0.25, 0.3) is 0 Å². The average molecular weight is 306 g/mol. The van der Waals surface area contributed by atoms with Crippen LogP contribution in [0.5, 0.6) is 0 Å². The van der Waals surface area contributed by atoms with Crippen LogP contribution in [0.1, 0.15) is 34.8 Å². The minimum absolute atomic E-state index is 0.402. The van der Waals surface area contributed by atoms with E-state index in [9.17, 15) is 0 Å². The van der Waals surface area contributed by atoms with Crippen molar-refractivity contribution in [2.24, 2.45) is 0 Å². The highest BCUT2D eigenvalue weighted by Gasteiger charge is 2.28. The molecule has 0 aliphatic carbocycles. The van der Waals surface area contributed by atoms with E-state index in [-0.39, 0.29) is 0 Å². The molecule has 0 radical (unpaired) electrons. The van der Waals surface area contributed by atoms with Crippen LogP contribution in [0, 0.1) is 6.92 Å². The van der Waals surface area contributed by atoms with Gasteiger partial charge in [-0.2, -0.15) is 5.10 Å². The number of methoxy groups -OCH3 is 1. The van der Waals surface area contributed by atoms with Gasteiger partial charge in [0.05, 0.1) is 23.0 Å². The number of fused-ring (bicyclic) bond motifs is 1. The van der Waals surface area contributed by atoms with E-state index in [0.717, 1.165) is 43.5 Å². The van der Waals surface area contributed by atoms with Gasteiger partial charge >= 0.3 is 0 Å². The molecule has 2 aromatic rings. The third-order valence-corrected chi connectivity index (χ3v) is 4.73. The van der Waals surface area contributed by atoms with Gasteiger partial charge in [-0.05, 0) is 13.8 Å². The molecule has 2 aromatic heterocycles. The summed E-state index contributed by atoms with van der Waals surface area (Å²) in [4.78, 5) is 7.00. The van der Waals surface area contributed by atoms with Gasteiger partial charge in [0.1, 0.15) is 0 Å². The van der Waals surface area contributed by atoms with E-state index < -0.39 is 0 Å².